The number of rotatable bonds is 6. The Labute approximate surface area is 222 Å². The number of fused-ring (bicyclic) bond motifs is 2. The monoisotopic (exact) mass is 530 g/mol. The Bertz CT molecular complexity index is 1730. The van der Waals surface area contributed by atoms with E-state index in [2.05, 4.69) is 22.3 Å². The van der Waals surface area contributed by atoms with E-state index < -0.39 is 11.6 Å². The summed E-state index contributed by atoms with van der Waals surface area (Å²) in [4.78, 5) is 5.01. The predicted octanol–water partition coefficient (Wildman–Crippen LogP) is 5.39. The van der Waals surface area contributed by atoms with Crippen molar-refractivity contribution in [2.24, 2.45) is 13.0 Å². The van der Waals surface area contributed by atoms with E-state index in [9.17, 15) is 4.39 Å². The first-order valence-electron chi connectivity index (χ1n) is 12.2. The molecule has 4 heterocycles. The zero-order valence-corrected chi connectivity index (χ0v) is 21.7. The lowest BCUT2D eigenvalue weighted by atomic mass is 9.96. The van der Waals surface area contributed by atoms with Gasteiger partial charge in [0.15, 0.2) is 0 Å². The molecule has 0 amide bonds. The lowest BCUT2D eigenvalue weighted by Gasteiger charge is -2.21. The fraction of sp³-hybridized carbons (Fsp3) is 0.241. The number of thiophene rings is 1. The largest absolute Gasteiger partial charge is 0.490 e. The molecule has 0 spiro atoms. The molecule has 0 saturated carbocycles. The van der Waals surface area contributed by atoms with Crippen LogP contribution in [0.2, 0.25) is 0 Å². The Morgan fingerprint density at radius 1 is 1.13 bits per heavy atom. The fourth-order valence-corrected chi connectivity index (χ4v) is 5.53. The number of nitrogens with zero attached hydrogens (tertiary/aromatic N) is 3. The quantitative estimate of drug-likeness (QED) is 0.236. The van der Waals surface area contributed by atoms with Gasteiger partial charge in [0, 0.05) is 71.9 Å². The normalized spacial score (nSPS) is 13.5. The van der Waals surface area contributed by atoms with Gasteiger partial charge < -0.3 is 14.8 Å². The summed E-state index contributed by atoms with van der Waals surface area (Å²) in [5.41, 5.74) is 3.74. The van der Waals surface area contributed by atoms with E-state index in [1.54, 1.807) is 7.11 Å². The van der Waals surface area contributed by atoms with E-state index in [-0.39, 0.29) is 30.4 Å². The summed E-state index contributed by atoms with van der Waals surface area (Å²) < 4.78 is 43.4. The molecule has 3 aromatic heterocycles. The summed E-state index contributed by atoms with van der Waals surface area (Å²) in [5.74, 6) is 5.34. The Morgan fingerprint density at radius 2 is 2.00 bits per heavy atom. The first kappa shape index (κ1) is 24.5. The second kappa shape index (κ2) is 10.1. The number of nitrogens with one attached hydrogen (secondary N) is 1. The molecule has 9 heteroatoms. The number of halogens is 2. The third-order valence-corrected chi connectivity index (χ3v) is 7.55. The van der Waals surface area contributed by atoms with Gasteiger partial charge in [0.1, 0.15) is 29.7 Å². The van der Waals surface area contributed by atoms with Gasteiger partial charge in [0.05, 0.1) is 29.6 Å². The minimum Gasteiger partial charge on any atom is -0.490 e. The molecule has 1 N–H and O–H groups in total. The number of ether oxygens (including phenoxy) is 2. The maximum atomic E-state index is 15.6. The van der Waals surface area contributed by atoms with Crippen molar-refractivity contribution >= 4 is 32.3 Å². The summed E-state index contributed by atoms with van der Waals surface area (Å²) in [6.07, 6.45) is 1.82. The molecule has 38 heavy (non-hydrogen) atoms. The van der Waals surface area contributed by atoms with Gasteiger partial charge in [-0.1, -0.05) is 12.0 Å². The van der Waals surface area contributed by atoms with Gasteiger partial charge in [0.25, 0.3) is 0 Å². The number of methoxy groups -OCH3 is 1. The molecule has 0 radical (unpaired) electrons. The standard InChI is InChI=1S/C29H24F2N4O2S/c1-35-24-6-4-18(11-19(24)16-33-35)28-21-7-10-38-29(21)27(23(34-28)5-3-17-14-32-15-17)26-22(31)12-20(30)13-25(26)37-9-8-36-2/h4,6-7,10-13,16-17,32H,8-9,14-15H2,1-2H3. The molecule has 2 aromatic carbocycles. The van der Waals surface area contributed by atoms with Crippen LogP contribution in [0.4, 0.5) is 8.78 Å². The minimum absolute atomic E-state index is 0.0916. The van der Waals surface area contributed by atoms with Crippen LogP contribution in [0.25, 0.3) is 43.4 Å². The molecule has 1 fully saturated rings. The van der Waals surface area contributed by atoms with E-state index >= 15 is 4.39 Å². The molecule has 5 aromatic rings. The molecule has 0 bridgehead atoms. The van der Waals surface area contributed by atoms with Crippen molar-refractivity contribution in [3.05, 3.63) is 65.3 Å². The van der Waals surface area contributed by atoms with Gasteiger partial charge in [0.2, 0.25) is 0 Å². The van der Waals surface area contributed by atoms with Gasteiger partial charge in [-0.25, -0.2) is 13.8 Å². The van der Waals surface area contributed by atoms with E-state index in [1.165, 1.54) is 17.4 Å². The first-order valence-corrected chi connectivity index (χ1v) is 13.1. The van der Waals surface area contributed by atoms with Crippen molar-refractivity contribution in [2.45, 2.75) is 0 Å². The number of aryl methyl sites for hydroxylation is 1. The number of pyridine rings is 1. The summed E-state index contributed by atoms with van der Waals surface area (Å²) in [7, 11) is 3.44. The molecule has 0 atom stereocenters. The molecule has 6 nitrogen and oxygen atoms in total. The van der Waals surface area contributed by atoms with E-state index in [0.29, 0.717) is 11.3 Å². The smallest absolute Gasteiger partial charge is 0.137 e. The summed E-state index contributed by atoms with van der Waals surface area (Å²) in [6.45, 7) is 2.02. The molecule has 1 aliphatic heterocycles. The van der Waals surface area contributed by atoms with E-state index in [0.717, 1.165) is 51.4 Å². The van der Waals surface area contributed by atoms with E-state index in [4.69, 9.17) is 14.5 Å². The number of aromatic nitrogens is 3. The van der Waals surface area contributed by atoms with Crippen LogP contribution in [-0.2, 0) is 11.8 Å². The Hall–Kier alpha value is -3.84. The van der Waals surface area contributed by atoms with Crippen LogP contribution >= 0.6 is 11.3 Å². The molecule has 0 aliphatic carbocycles. The van der Waals surface area contributed by atoms with Crippen molar-refractivity contribution in [3.8, 4) is 40.0 Å². The molecule has 1 saturated heterocycles. The summed E-state index contributed by atoms with van der Waals surface area (Å²) in [5, 5.41) is 11.4. The lowest BCUT2D eigenvalue weighted by Crippen LogP contribution is -2.40. The third kappa shape index (κ3) is 4.41. The molecule has 192 valence electrons. The zero-order valence-electron chi connectivity index (χ0n) is 20.8. The second-order valence-corrected chi connectivity index (χ2v) is 10.0. The SMILES string of the molecule is COCCOc1cc(F)cc(F)c1-c1c(C#CC2CNC2)nc(-c2ccc3c(cnn3C)c2)c2ccsc12. The topological polar surface area (TPSA) is 61.2 Å². The molecular weight excluding hydrogens is 506 g/mol. The van der Waals surface area contributed by atoms with Gasteiger partial charge in [-0.15, -0.1) is 11.3 Å². The van der Waals surface area contributed by atoms with Crippen molar-refractivity contribution in [1.82, 2.24) is 20.1 Å². The molecule has 6 rings (SSSR count). The fourth-order valence-electron chi connectivity index (χ4n) is 4.58. The third-order valence-electron chi connectivity index (χ3n) is 6.62. The average Bonchev–Trinajstić information content (AvgIpc) is 3.50. The molecular formula is C29H24F2N4O2S. The van der Waals surface area contributed by atoms with Gasteiger partial charge in [-0.3, -0.25) is 4.68 Å². The maximum Gasteiger partial charge on any atom is 0.137 e. The Balaban J connectivity index is 1.60. The molecule has 1 aliphatic rings. The van der Waals surface area contributed by atoms with Crippen LogP contribution < -0.4 is 10.1 Å². The first-order chi connectivity index (χ1) is 18.5. The maximum absolute atomic E-state index is 15.6. The summed E-state index contributed by atoms with van der Waals surface area (Å²) in [6, 6.07) is 10.1. The number of hydrogen-bond acceptors (Lipinski definition) is 6. The van der Waals surface area contributed by atoms with Gasteiger partial charge >= 0.3 is 0 Å². The lowest BCUT2D eigenvalue weighted by molar-refractivity contribution is 0.146. The Kier molecular flexibility index (Phi) is 6.54. The van der Waals surface area contributed by atoms with E-state index in [1.807, 2.05) is 47.6 Å². The van der Waals surface area contributed by atoms with Crippen molar-refractivity contribution < 1.29 is 18.3 Å². The minimum atomic E-state index is -0.730. The van der Waals surface area contributed by atoms with Crippen LogP contribution in [0.1, 0.15) is 5.69 Å². The molecule has 0 unspecified atom stereocenters. The van der Waals surface area contributed by atoms with Crippen LogP contribution in [-0.4, -0.2) is 48.2 Å². The Morgan fingerprint density at radius 3 is 2.79 bits per heavy atom. The number of benzene rings is 2. The van der Waals surface area contributed by atoms with Crippen LogP contribution in [0.3, 0.4) is 0 Å². The van der Waals surface area contributed by atoms with Gasteiger partial charge in [-0.2, -0.15) is 5.10 Å². The zero-order chi connectivity index (χ0) is 26.2. The summed E-state index contributed by atoms with van der Waals surface area (Å²) >= 11 is 1.47. The van der Waals surface area contributed by atoms with Gasteiger partial charge in [-0.05, 0) is 29.5 Å². The predicted molar refractivity (Wildman–Crippen MR) is 145 cm³/mol. The van der Waals surface area contributed by atoms with Crippen LogP contribution in [0.15, 0.2) is 48.0 Å². The van der Waals surface area contributed by atoms with Crippen LogP contribution in [0.5, 0.6) is 5.75 Å². The highest BCUT2D eigenvalue weighted by molar-refractivity contribution is 7.17. The second-order valence-electron chi connectivity index (χ2n) is 9.12. The van der Waals surface area contributed by atoms with Crippen molar-refractivity contribution in [2.75, 3.05) is 33.4 Å². The number of hydrogen-bond donors (Lipinski definition) is 1. The van der Waals surface area contributed by atoms with Crippen molar-refractivity contribution in [1.29, 1.82) is 0 Å². The van der Waals surface area contributed by atoms with Crippen molar-refractivity contribution in [3.63, 3.8) is 0 Å². The van der Waals surface area contributed by atoms with Crippen LogP contribution in [0, 0.1) is 29.4 Å². The highest BCUT2D eigenvalue weighted by Gasteiger charge is 2.24. The highest BCUT2D eigenvalue weighted by atomic mass is 32.1. The highest BCUT2D eigenvalue weighted by Crippen LogP contribution is 2.44. The average molecular weight is 531 g/mol.